The van der Waals surface area contributed by atoms with E-state index in [1.807, 2.05) is 11.9 Å². The maximum Gasteiger partial charge on any atom is 0.356 e. The maximum atomic E-state index is 11.5. The van der Waals surface area contributed by atoms with Crippen molar-refractivity contribution in [2.75, 3.05) is 18.5 Å². The first-order valence-corrected chi connectivity index (χ1v) is 8.23. The van der Waals surface area contributed by atoms with Crippen molar-refractivity contribution in [1.29, 1.82) is 0 Å². The monoisotopic (exact) mass is 308 g/mol. The van der Waals surface area contributed by atoms with Gasteiger partial charge in [0.15, 0.2) is 16.6 Å². The zero-order valence-electron chi connectivity index (χ0n) is 12.3. The van der Waals surface area contributed by atoms with Crippen LogP contribution in [0.5, 0.6) is 0 Å². The van der Waals surface area contributed by atoms with Crippen molar-refractivity contribution >= 4 is 28.2 Å². The van der Waals surface area contributed by atoms with Crippen molar-refractivity contribution < 1.29 is 14.7 Å². The second kappa shape index (κ2) is 5.40. The Hall–Kier alpha value is -1.43. The van der Waals surface area contributed by atoms with Gasteiger partial charge in [-0.2, -0.15) is 0 Å². The van der Waals surface area contributed by atoms with Gasteiger partial charge in [-0.05, 0) is 37.0 Å². The van der Waals surface area contributed by atoms with E-state index in [0.717, 1.165) is 18.4 Å². The lowest BCUT2D eigenvalue weighted by Crippen LogP contribution is -2.28. The number of fused-ring (bicyclic) bond motifs is 2. The molecule has 2 fully saturated rings. The van der Waals surface area contributed by atoms with Crippen LogP contribution in [0.15, 0.2) is 0 Å². The van der Waals surface area contributed by atoms with Crippen LogP contribution in [0.2, 0.25) is 0 Å². The molecule has 1 aromatic rings. The number of Topliss-reactive ketones (excluding diaryl/α,β-unsaturated/α-hetero) is 1. The number of hydrogen-bond donors (Lipinski definition) is 1. The van der Waals surface area contributed by atoms with Gasteiger partial charge < -0.3 is 10.0 Å². The zero-order chi connectivity index (χ0) is 15.1. The molecule has 3 unspecified atom stereocenters. The molecule has 0 aliphatic heterocycles. The maximum absolute atomic E-state index is 11.5. The van der Waals surface area contributed by atoms with E-state index >= 15 is 0 Å². The summed E-state index contributed by atoms with van der Waals surface area (Å²) >= 11 is 1.19. The van der Waals surface area contributed by atoms with Crippen LogP contribution in [0.25, 0.3) is 0 Å². The van der Waals surface area contributed by atoms with Crippen molar-refractivity contribution in [2.24, 2.45) is 17.8 Å². The summed E-state index contributed by atoms with van der Waals surface area (Å²) in [6.07, 6.45) is 5.35. The number of anilines is 1. The van der Waals surface area contributed by atoms with E-state index in [1.165, 1.54) is 43.9 Å². The summed E-state index contributed by atoms with van der Waals surface area (Å²) in [4.78, 5) is 29.2. The lowest BCUT2D eigenvalue weighted by Gasteiger charge is -2.26. The Balaban J connectivity index is 1.75. The van der Waals surface area contributed by atoms with Gasteiger partial charge in [0.1, 0.15) is 4.88 Å². The van der Waals surface area contributed by atoms with Gasteiger partial charge in [0, 0.05) is 20.5 Å². The van der Waals surface area contributed by atoms with E-state index in [0.29, 0.717) is 11.0 Å². The van der Waals surface area contributed by atoms with Crippen LogP contribution in [0.3, 0.4) is 0 Å². The van der Waals surface area contributed by atoms with E-state index in [-0.39, 0.29) is 16.4 Å². The van der Waals surface area contributed by atoms with Crippen molar-refractivity contribution in [3.8, 4) is 0 Å². The molecule has 0 amide bonds. The first-order chi connectivity index (χ1) is 9.95. The van der Waals surface area contributed by atoms with Gasteiger partial charge in [-0.25, -0.2) is 9.78 Å². The predicted octanol–water partition coefficient (Wildman–Crippen LogP) is 2.92. The lowest BCUT2D eigenvalue weighted by molar-refractivity contribution is 0.0687. The Morgan fingerprint density at radius 3 is 2.62 bits per heavy atom. The van der Waals surface area contributed by atoms with Crippen LogP contribution in [0, 0.1) is 17.8 Å². The van der Waals surface area contributed by atoms with Gasteiger partial charge in [-0.15, -0.1) is 0 Å². The molecule has 0 saturated heterocycles. The molecular formula is C15H20N2O3S. The summed E-state index contributed by atoms with van der Waals surface area (Å²) in [5.41, 5.74) is -0.109. The number of carbonyl (C=O) groups is 2. The first-order valence-electron chi connectivity index (χ1n) is 7.42. The Kier molecular flexibility index (Phi) is 3.73. The SMILES string of the molecule is CC(=O)c1sc(N(C)CC2CC3CCC2C3)nc1C(=O)O. The zero-order valence-corrected chi connectivity index (χ0v) is 13.2. The van der Waals surface area contributed by atoms with E-state index in [9.17, 15) is 9.59 Å². The van der Waals surface area contributed by atoms with Crippen LogP contribution >= 0.6 is 11.3 Å². The van der Waals surface area contributed by atoms with E-state index < -0.39 is 5.97 Å². The summed E-state index contributed by atoms with van der Waals surface area (Å²) < 4.78 is 0. The molecule has 0 spiro atoms. The molecule has 1 heterocycles. The number of thiazole rings is 1. The molecule has 3 atom stereocenters. The highest BCUT2D eigenvalue weighted by Crippen LogP contribution is 2.48. The van der Waals surface area contributed by atoms with Gasteiger partial charge in [0.25, 0.3) is 0 Å². The van der Waals surface area contributed by atoms with Crippen LogP contribution in [0.1, 0.15) is 52.8 Å². The van der Waals surface area contributed by atoms with Gasteiger partial charge in [0.2, 0.25) is 0 Å². The third-order valence-electron chi connectivity index (χ3n) is 4.86. The number of hydrogen-bond acceptors (Lipinski definition) is 5. The number of carboxylic acids is 1. The number of aromatic nitrogens is 1. The highest BCUT2D eigenvalue weighted by Gasteiger charge is 2.40. The minimum absolute atomic E-state index is 0.109. The summed E-state index contributed by atoms with van der Waals surface area (Å²) in [7, 11) is 1.94. The standard InChI is InChI=1S/C15H20N2O3S/c1-8(18)13-12(14(19)20)16-15(21-13)17(2)7-11-6-9-3-4-10(11)5-9/h9-11H,3-7H2,1-2H3,(H,19,20). The molecule has 0 radical (unpaired) electrons. The van der Waals surface area contributed by atoms with Crippen molar-refractivity contribution in [3.05, 3.63) is 10.6 Å². The quantitative estimate of drug-likeness (QED) is 0.847. The Labute approximate surface area is 128 Å². The largest absolute Gasteiger partial charge is 0.476 e. The molecule has 114 valence electrons. The normalized spacial score (nSPS) is 27.0. The molecule has 1 aromatic heterocycles. The van der Waals surface area contributed by atoms with Crippen LogP contribution in [-0.2, 0) is 0 Å². The Bertz CT molecular complexity index is 552. The third kappa shape index (κ3) is 2.69. The molecule has 6 heteroatoms. The van der Waals surface area contributed by atoms with Crippen LogP contribution in [0.4, 0.5) is 5.13 Å². The molecular weight excluding hydrogens is 288 g/mol. The summed E-state index contributed by atoms with van der Waals surface area (Å²) in [6.45, 7) is 2.30. The second-order valence-electron chi connectivity index (χ2n) is 6.35. The van der Waals surface area contributed by atoms with Crippen LogP contribution in [-0.4, -0.2) is 35.4 Å². The number of ketones is 1. The van der Waals surface area contributed by atoms with Gasteiger partial charge in [-0.1, -0.05) is 17.8 Å². The Morgan fingerprint density at radius 1 is 1.38 bits per heavy atom. The molecule has 1 N–H and O–H groups in total. The molecule has 0 aromatic carbocycles. The van der Waals surface area contributed by atoms with Gasteiger partial charge in [0.05, 0.1) is 0 Å². The smallest absolute Gasteiger partial charge is 0.356 e. The van der Waals surface area contributed by atoms with Crippen molar-refractivity contribution in [2.45, 2.75) is 32.6 Å². The van der Waals surface area contributed by atoms with E-state index in [1.54, 1.807) is 0 Å². The van der Waals surface area contributed by atoms with E-state index in [4.69, 9.17) is 5.11 Å². The number of rotatable bonds is 5. The fourth-order valence-corrected chi connectivity index (χ4v) is 4.81. The number of nitrogens with zero attached hydrogens (tertiary/aromatic N) is 2. The van der Waals surface area contributed by atoms with Crippen molar-refractivity contribution in [1.82, 2.24) is 4.98 Å². The average Bonchev–Trinajstić information content (AvgIpc) is 3.12. The molecule has 2 saturated carbocycles. The molecule has 2 aliphatic rings. The average molecular weight is 308 g/mol. The molecule has 3 rings (SSSR count). The highest BCUT2D eigenvalue weighted by molar-refractivity contribution is 7.17. The van der Waals surface area contributed by atoms with Crippen molar-refractivity contribution in [3.63, 3.8) is 0 Å². The third-order valence-corrected chi connectivity index (χ3v) is 6.13. The lowest BCUT2D eigenvalue weighted by atomic mass is 9.88. The van der Waals surface area contributed by atoms with Gasteiger partial charge in [-0.3, -0.25) is 4.79 Å². The molecule has 21 heavy (non-hydrogen) atoms. The van der Waals surface area contributed by atoms with Gasteiger partial charge >= 0.3 is 5.97 Å². The first kappa shape index (κ1) is 14.5. The summed E-state index contributed by atoms with van der Waals surface area (Å²) in [5, 5.41) is 9.79. The fraction of sp³-hybridized carbons (Fsp3) is 0.667. The summed E-state index contributed by atoms with van der Waals surface area (Å²) in [6, 6.07) is 0. The Morgan fingerprint density at radius 2 is 2.14 bits per heavy atom. The molecule has 2 bridgehead atoms. The molecule has 5 nitrogen and oxygen atoms in total. The van der Waals surface area contributed by atoms with E-state index in [2.05, 4.69) is 4.98 Å². The summed E-state index contributed by atoms with van der Waals surface area (Å²) in [5.74, 6) is 1.04. The fourth-order valence-electron chi connectivity index (χ4n) is 3.89. The number of aromatic carboxylic acids is 1. The topological polar surface area (TPSA) is 70.5 Å². The molecule has 2 aliphatic carbocycles. The number of carboxylic acid groups (broad SMARTS) is 1. The second-order valence-corrected chi connectivity index (χ2v) is 7.33. The minimum Gasteiger partial charge on any atom is -0.476 e. The predicted molar refractivity (Wildman–Crippen MR) is 81.3 cm³/mol. The highest BCUT2D eigenvalue weighted by atomic mass is 32.1. The van der Waals surface area contributed by atoms with Crippen LogP contribution < -0.4 is 4.90 Å². The number of carbonyl (C=O) groups excluding carboxylic acids is 1. The minimum atomic E-state index is -1.13.